The number of fused-ring (bicyclic) bond motifs is 1. The van der Waals surface area contributed by atoms with Crippen LogP contribution in [0, 0.1) is 0 Å². The van der Waals surface area contributed by atoms with E-state index in [1.54, 1.807) is 36.3 Å². The third kappa shape index (κ3) is 2.29. The van der Waals surface area contributed by atoms with Crippen LogP contribution in [-0.4, -0.2) is 53.1 Å². The Kier molecular flexibility index (Phi) is 3.51. The number of amides is 3. The summed E-state index contributed by atoms with van der Waals surface area (Å²) in [4.78, 5) is 28.0. The number of carbonyl (C=O) groups excluding carboxylic acids is 2. The molecular weight excluding hydrogens is 320 g/mol. The van der Waals surface area contributed by atoms with Gasteiger partial charge in [-0.15, -0.1) is 0 Å². The molecule has 6 nitrogen and oxygen atoms in total. The third-order valence-corrected chi connectivity index (χ3v) is 5.03. The zero-order chi connectivity index (χ0) is 17.6. The van der Waals surface area contributed by atoms with Gasteiger partial charge in [-0.2, -0.15) is 0 Å². The summed E-state index contributed by atoms with van der Waals surface area (Å²) in [5.41, 5.74) is 0.0778. The second-order valence-electron chi connectivity index (χ2n) is 6.36. The van der Waals surface area contributed by atoms with Crippen molar-refractivity contribution >= 4 is 11.9 Å². The molecule has 2 saturated heterocycles. The van der Waals surface area contributed by atoms with E-state index in [-0.39, 0.29) is 25.0 Å². The predicted molar refractivity (Wildman–Crippen MR) is 90.3 cm³/mol. The summed E-state index contributed by atoms with van der Waals surface area (Å²) in [6.45, 7) is 0.377. The first-order valence-electron chi connectivity index (χ1n) is 8.09. The molecule has 2 aromatic carbocycles. The van der Waals surface area contributed by atoms with E-state index in [1.165, 1.54) is 4.90 Å². The molecule has 3 amide bonds. The molecule has 0 aliphatic carbocycles. The Morgan fingerprint density at radius 3 is 2.48 bits per heavy atom. The summed E-state index contributed by atoms with van der Waals surface area (Å²) in [7, 11) is 1.55. The first-order chi connectivity index (χ1) is 12.0. The van der Waals surface area contributed by atoms with E-state index in [0.717, 1.165) is 5.56 Å². The average molecular weight is 338 g/mol. The summed E-state index contributed by atoms with van der Waals surface area (Å²) in [6, 6.07) is 15.1. The molecular formula is C19H18N2O4. The Morgan fingerprint density at radius 1 is 1.16 bits per heavy atom. The van der Waals surface area contributed by atoms with Crippen LogP contribution in [0.2, 0.25) is 0 Å². The molecule has 2 aliphatic heterocycles. The van der Waals surface area contributed by atoms with Crippen molar-refractivity contribution in [3.8, 4) is 5.75 Å². The maximum Gasteiger partial charge on any atom is 0.327 e. The van der Waals surface area contributed by atoms with Crippen molar-refractivity contribution in [2.24, 2.45) is 0 Å². The lowest BCUT2D eigenvalue weighted by atomic mass is 9.79. The first-order valence-corrected chi connectivity index (χ1v) is 8.09. The normalized spacial score (nSPS) is 24.7. The molecule has 1 N–H and O–H groups in total. The highest BCUT2D eigenvalue weighted by molar-refractivity contribution is 6.05. The van der Waals surface area contributed by atoms with Gasteiger partial charge in [-0.05, 0) is 29.8 Å². The van der Waals surface area contributed by atoms with E-state index in [4.69, 9.17) is 4.74 Å². The number of ether oxygens (including phenoxy) is 1. The van der Waals surface area contributed by atoms with Crippen LogP contribution < -0.4 is 4.74 Å². The van der Waals surface area contributed by atoms with Gasteiger partial charge in [0.2, 0.25) is 0 Å². The van der Waals surface area contributed by atoms with Gasteiger partial charge in [0.1, 0.15) is 11.4 Å². The second-order valence-corrected chi connectivity index (χ2v) is 6.36. The van der Waals surface area contributed by atoms with E-state index in [1.807, 2.05) is 30.3 Å². The molecule has 2 fully saturated rings. The summed E-state index contributed by atoms with van der Waals surface area (Å²) in [5.74, 6) is 0.282. The Labute approximate surface area is 145 Å². The monoisotopic (exact) mass is 338 g/mol. The maximum absolute atomic E-state index is 12.7. The summed E-state index contributed by atoms with van der Waals surface area (Å²) >= 11 is 0. The summed E-state index contributed by atoms with van der Waals surface area (Å²) in [5, 5.41) is 11.0. The Hall–Kier alpha value is -2.86. The maximum atomic E-state index is 12.7. The van der Waals surface area contributed by atoms with Gasteiger partial charge in [0.25, 0.3) is 5.91 Å². The van der Waals surface area contributed by atoms with Gasteiger partial charge in [-0.25, -0.2) is 4.79 Å². The molecule has 6 heteroatoms. The van der Waals surface area contributed by atoms with E-state index in [2.05, 4.69) is 0 Å². The molecule has 0 spiro atoms. The van der Waals surface area contributed by atoms with E-state index in [9.17, 15) is 14.7 Å². The highest BCUT2D eigenvalue weighted by atomic mass is 16.5. The molecule has 128 valence electrons. The van der Waals surface area contributed by atoms with Gasteiger partial charge < -0.3 is 14.7 Å². The molecule has 0 saturated carbocycles. The van der Waals surface area contributed by atoms with Gasteiger partial charge >= 0.3 is 6.03 Å². The van der Waals surface area contributed by atoms with Crippen LogP contribution >= 0.6 is 0 Å². The van der Waals surface area contributed by atoms with Crippen LogP contribution in [0.25, 0.3) is 0 Å². The number of aliphatic hydroxyl groups is 1. The van der Waals surface area contributed by atoms with E-state index >= 15 is 0 Å². The van der Waals surface area contributed by atoms with E-state index in [0.29, 0.717) is 11.3 Å². The molecule has 0 aromatic heterocycles. The number of carbonyl (C=O) groups is 2. The van der Waals surface area contributed by atoms with Crippen LogP contribution in [0.15, 0.2) is 54.6 Å². The van der Waals surface area contributed by atoms with Crippen molar-refractivity contribution in [3.05, 3.63) is 65.7 Å². The van der Waals surface area contributed by atoms with Crippen LogP contribution in [-0.2, 0) is 5.60 Å². The minimum Gasteiger partial charge on any atom is -0.497 e. The fourth-order valence-corrected chi connectivity index (χ4v) is 3.55. The van der Waals surface area contributed by atoms with Crippen molar-refractivity contribution in [1.82, 2.24) is 9.80 Å². The molecule has 25 heavy (non-hydrogen) atoms. The number of hydrogen-bond acceptors (Lipinski definition) is 4. The van der Waals surface area contributed by atoms with Crippen molar-refractivity contribution in [2.45, 2.75) is 11.6 Å². The lowest BCUT2D eigenvalue weighted by Gasteiger charge is -2.49. The Bertz CT molecular complexity index is 821. The number of rotatable bonds is 3. The highest BCUT2D eigenvalue weighted by Gasteiger charge is 2.61. The van der Waals surface area contributed by atoms with Crippen LogP contribution in [0.4, 0.5) is 4.79 Å². The molecule has 0 bridgehead atoms. The standard InChI is InChI=1S/C19H18N2O4/c1-25-15-9-7-13(8-10-15)17(22)20-11-16-19(24,12-21(16)18(20)23)14-5-3-2-4-6-14/h2-10,16,24H,11-12H2,1H3/t16-,19-/m0/s1. The number of urea groups is 1. The van der Waals surface area contributed by atoms with E-state index < -0.39 is 11.6 Å². The van der Waals surface area contributed by atoms with Gasteiger partial charge in [0.15, 0.2) is 0 Å². The van der Waals surface area contributed by atoms with Crippen molar-refractivity contribution in [2.75, 3.05) is 20.2 Å². The zero-order valence-electron chi connectivity index (χ0n) is 13.8. The fraction of sp³-hybridized carbons (Fsp3) is 0.263. The predicted octanol–water partition coefficient (Wildman–Crippen LogP) is 1.84. The van der Waals surface area contributed by atoms with Gasteiger partial charge in [0, 0.05) is 5.56 Å². The molecule has 4 rings (SSSR count). The molecule has 2 atom stereocenters. The molecule has 2 heterocycles. The highest BCUT2D eigenvalue weighted by Crippen LogP contribution is 2.43. The van der Waals surface area contributed by atoms with Crippen LogP contribution in [0.1, 0.15) is 15.9 Å². The quantitative estimate of drug-likeness (QED) is 0.927. The largest absolute Gasteiger partial charge is 0.497 e. The van der Waals surface area contributed by atoms with Gasteiger partial charge in [0.05, 0.1) is 26.2 Å². The van der Waals surface area contributed by atoms with Crippen molar-refractivity contribution in [1.29, 1.82) is 0 Å². The van der Waals surface area contributed by atoms with Crippen LogP contribution in [0.3, 0.4) is 0 Å². The first kappa shape index (κ1) is 15.7. The summed E-state index contributed by atoms with van der Waals surface area (Å²) in [6.07, 6.45) is 0. The molecule has 0 radical (unpaired) electrons. The molecule has 2 aliphatic rings. The number of methoxy groups -OCH3 is 1. The minimum atomic E-state index is -1.11. The van der Waals surface area contributed by atoms with Gasteiger partial charge in [-0.3, -0.25) is 9.69 Å². The zero-order valence-corrected chi connectivity index (χ0v) is 13.8. The Morgan fingerprint density at radius 2 is 1.84 bits per heavy atom. The minimum absolute atomic E-state index is 0.176. The number of hydrogen-bond donors (Lipinski definition) is 1. The van der Waals surface area contributed by atoms with Gasteiger partial charge in [-0.1, -0.05) is 30.3 Å². The molecule has 0 unspecified atom stereocenters. The smallest absolute Gasteiger partial charge is 0.327 e. The summed E-state index contributed by atoms with van der Waals surface area (Å²) < 4.78 is 5.08. The average Bonchev–Trinajstić information content (AvgIpc) is 2.93. The third-order valence-electron chi connectivity index (χ3n) is 5.03. The SMILES string of the molecule is COc1ccc(C(=O)N2C[C@@H]3N(C[C@]3(O)c3ccccc3)C2=O)cc1. The topological polar surface area (TPSA) is 70.1 Å². The lowest BCUT2D eigenvalue weighted by molar-refractivity contribution is -0.119. The Balaban J connectivity index is 1.56. The van der Waals surface area contributed by atoms with Crippen LogP contribution in [0.5, 0.6) is 5.75 Å². The number of benzene rings is 2. The lowest BCUT2D eigenvalue weighted by Crippen LogP contribution is -2.66. The fourth-order valence-electron chi connectivity index (χ4n) is 3.55. The van der Waals surface area contributed by atoms with Crippen molar-refractivity contribution in [3.63, 3.8) is 0 Å². The number of nitrogens with zero attached hydrogens (tertiary/aromatic N) is 2. The molecule has 2 aromatic rings. The van der Waals surface area contributed by atoms with Crippen molar-refractivity contribution < 1.29 is 19.4 Å². The number of imide groups is 1. The second kappa shape index (κ2) is 5.60.